The molecule has 0 amide bonds. The summed E-state index contributed by atoms with van der Waals surface area (Å²) < 4.78 is 2.30. The Bertz CT molecular complexity index is 334. The van der Waals surface area contributed by atoms with Gasteiger partial charge in [-0.25, -0.2) is 4.98 Å². The number of nitrogens with zero attached hydrogens (tertiary/aromatic N) is 3. The van der Waals surface area contributed by atoms with Gasteiger partial charge in [0.15, 0.2) is 0 Å². The largest absolute Gasteiger partial charge is 0.332 e. The Balaban J connectivity index is 1.89. The first kappa shape index (κ1) is 12.6. The Labute approximate surface area is 104 Å². The molecule has 1 fully saturated rings. The first-order valence-corrected chi connectivity index (χ1v) is 6.71. The molecule has 4 heteroatoms. The molecule has 1 aromatic rings. The van der Waals surface area contributed by atoms with E-state index in [4.69, 9.17) is 0 Å². The molecule has 0 radical (unpaired) electrons. The summed E-state index contributed by atoms with van der Waals surface area (Å²) in [6.07, 6.45) is 7.78. The molecule has 0 bridgehead atoms. The van der Waals surface area contributed by atoms with Gasteiger partial charge < -0.3 is 14.8 Å². The minimum Gasteiger partial charge on any atom is -0.332 e. The molecule has 1 N–H and O–H groups in total. The molecule has 4 nitrogen and oxygen atoms in total. The molecule has 1 unspecified atom stereocenters. The number of imidazole rings is 1. The molecular weight excluding hydrogens is 212 g/mol. The van der Waals surface area contributed by atoms with Crippen LogP contribution in [-0.4, -0.2) is 40.6 Å². The average Bonchev–Trinajstić information content (AvgIpc) is 2.91. The van der Waals surface area contributed by atoms with Crippen LogP contribution in [0.15, 0.2) is 12.5 Å². The van der Waals surface area contributed by atoms with Gasteiger partial charge in [0, 0.05) is 25.3 Å². The van der Waals surface area contributed by atoms with Crippen molar-refractivity contribution in [3.05, 3.63) is 18.2 Å². The van der Waals surface area contributed by atoms with E-state index in [2.05, 4.69) is 33.7 Å². The van der Waals surface area contributed by atoms with Gasteiger partial charge >= 0.3 is 0 Å². The van der Waals surface area contributed by atoms with E-state index >= 15 is 0 Å². The van der Waals surface area contributed by atoms with E-state index in [9.17, 15) is 0 Å². The highest BCUT2D eigenvalue weighted by molar-refractivity contribution is 4.99. The number of hydrogen-bond donors (Lipinski definition) is 1. The molecule has 1 aromatic heterocycles. The normalized spacial score (nSPS) is 21.2. The zero-order valence-electron chi connectivity index (χ0n) is 11.0. The monoisotopic (exact) mass is 236 g/mol. The highest BCUT2D eigenvalue weighted by Crippen LogP contribution is 2.17. The van der Waals surface area contributed by atoms with Crippen LogP contribution in [0.3, 0.4) is 0 Å². The molecule has 1 aliphatic heterocycles. The highest BCUT2D eigenvalue weighted by atomic mass is 15.2. The lowest BCUT2D eigenvalue weighted by atomic mass is 10.2. The van der Waals surface area contributed by atoms with E-state index in [1.165, 1.54) is 31.5 Å². The number of hydrogen-bond acceptors (Lipinski definition) is 3. The number of nitrogens with one attached hydrogen (secondary N) is 1. The van der Waals surface area contributed by atoms with Gasteiger partial charge in [0.05, 0.1) is 12.0 Å². The van der Waals surface area contributed by atoms with E-state index in [-0.39, 0.29) is 0 Å². The van der Waals surface area contributed by atoms with E-state index in [1.807, 2.05) is 12.5 Å². The van der Waals surface area contributed by atoms with Crippen LogP contribution in [0, 0.1) is 0 Å². The van der Waals surface area contributed by atoms with Gasteiger partial charge in [0.1, 0.15) is 0 Å². The minimum atomic E-state index is 0.689. The number of likely N-dealkylation sites (tertiary alicyclic amines) is 1. The van der Waals surface area contributed by atoms with Crippen LogP contribution in [0.25, 0.3) is 0 Å². The molecule has 1 aliphatic rings. The summed E-state index contributed by atoms with van der Waals surface area (Å²) in [5.41, 5.74) is 1.30. The Kier molecular flexibility index (Phi) is 4.57. The quantitative estimate of drug-likeness (QED) is 0.759. The summed E-state index contributed by atoms with van der Waals surface area (Å²) >= 11 is 0. The van der Waals surface area contributed by atoms with Crippen molar-refractivity contribution in [2.24, 2.45) is 0 Å². The zero-order valence-corrected chi connectivity index (χ0v) is 11.0. The van der Waals surface area contributed by atoms with Gasteiger partial charge in [0.25, 0.3) is 0 Å². The predicted octanol–water partition coefficient (Wildman–Crippen LogP) is 1.48. The van der Waals surface area contributed by atoms with E-state index < -0.39 is 0 Å². The summed E-state index contributed by atoms with van der Waals surface area (Å²) in [5.74, 6) is 0. The lowest BCUT2D eigenvalue weighted by Gasteiger charge is -2.21. The molecule has 1 atom stereocenters. The first-order valence-electron chi connectivity index (χ1n) is 6.71. The summed E-state index contributed by atoms with van der Waals surface area (Å²) in [7, 11) is 2.23. The van der Waals surface area contributed by atoms with Crippen LogP contribution in [0.4, 0.5) is 0 Å². The topological polar surface area (TPSA) is 33.1 Å². The molecule has 0 saturated carbocycles. The van der Waals surface area contributed by atoms with E-state index in [1.54, 1.807) is 0 Å². The molecular formula is C13H24N4. The summed E-state index contributed by atoms with van der Waals surface area (Å²) in [6, 6.07) is 0.689. The van der Waals surface area contributed by atoms with Crippen LogP contribution >= 0.6 is 0 Å². The van der Waals surface area contributed by atoms with Crippen LogP contribution in [0.5, 0.6) is 0 Å². The Morgan fingerprint density at radius 3 is 3.12 bits per heavy atom. The molecule has 0 aromatic carbocycles. The maximum atomic E-state index is 4.27. The SMILES string of the molecule is CCCNCc1cncn1CC1CCCN1C. The van der Waals surface area contributed by atoms with Gasteiger partial charge in [-0.15, -0.1) is 0 Å². The fourth-order valence-corrected chi connectivity index (χ4v) is 2.49. The fraction of sp³-hybridized carbons (Fsp3) is 0.769. The Hall–Kier alpha value is -0.870. The van der Waals surface area contributed by atoms with Crippen molar-refractivity contribution >= 4 is 0 Å². The van der Waals surface area contributed by atoms with Crippen LogP contribution in [0.2, 0.25) is 0 Å². The van der Waals surface area contributed by atoms with Gasteiger partial charge in [-0.3, -0.25) is 0 Å². The van der Waals surface area contributed by atoms with E-state index in [0.717, 1.165) is 19.6 Å². The molecule has 1 saturated heterocycles. The fourth-order valence-electron chi connectivity index (χ4n) is 2.49. The second-order valence-electron chi connectivity index (χ2n) is 4.99. The Morgan fingerprint density at radius 2 is 2.41 bits per heavy atom. The maximum absolute atomic E-state index is 4.27. The number of rotatable bonds is 6. The molecule has 2 rings (SSSR count). The third-order valence-electron chi connectivity index (χ3n) is 3.61. The molecule has 0 aliphatic carbocycles. The molecule has 0 spiro atoms. The molecule has 17 heavy (non-hydrogen) atoms. The molecule has 2 heterocycles. The van der Waals surface area contributed by atoms with E-state index in [0.29, 0.717) is 6.04 Å². The van der Waals surface area contributed by atoms with Gasteiger partial charge in [0.2, 0.25) is 0 Å². The van der Waals surface area contributed by atoms with Crippen LogP contribution < -0.4 is 5.32 Å². The smallest absolute Gasteiger partial charge is 0.0949 e. The predicted molar refractivity (Wildman–Crippen MR) is 69.9 cm³/mol. The number of likely N-dealkylation sites (N-methyl/N-ethyl adjacent to an activating group) is 1. The van der Waals surface area contributed by atoms with Gasteiger partial charge in [-0.2, -0.15) is 0 Å². The van der Waals surface area contributed by atoms with Crippen LogP contribution in [0.1, 0.15) is 31.9 Å². The highest BCUT2D eigenvalue weighted by Gasteiger charge is 2.21. The van der Waals surface area contributed by atoms with Crippen molar-refractivity contribution in [3.8, 4) is 0 Å². The summed E-state index contributed by atoms with van der Waals surface area (Å²) in [4.78, 5) is 6.73. The van der Waals surface area contributed by atoms with Gasteiger partial charge in [-0.05, 0) is 39.4 Å². The van der Waals surface area contributed by atoms with Crippen molar-refractivity contribution in [3.63, 3.8) is 0 Å². The minimum absolute atomic E-state index is 0.689. The lowest BCUT2D eigenvalue weighted by Crippen LogP contribution is -2.30. The Morgan fingerprint density at radius 1 is 1.53 bits per heavy atom. The molecule has 96 valence electrons. The van der Waals surface area contributed by atoms with Crippen molar-refractivity contribution in [2.75, 3.05) is 20.1 Å². The second kappa shape index (κ2) is 6.17. The maximum Gasteiger partial charge on any atom is 0.0949 e. The van der Waals surface area contributed by atoms with Crippen molar-refractivity contribution < 1.29 is 0 Å². The van der Waals surface area contributed by atoms with Crippen molar-refractivity contribution in [1.82, 2.24) is 19.8 Å². The summed E-state index contributed by atoms with van der Waals surface area (Å²) in [5, 5.41) is 3.44. The van der Waals surface area contributed by atoms with Crippen molar-refractivity contribution in [1.29, 1.82) is 0 Å². The number of aromatic nitrogens is 2. The average molecular weight is 236 g/mol. The van der Waals surface area contributed by atoms with Crippen molar-refractivity contribution in [2.45, 2.75) is 45.3 Å². The van der Waals surface area contributed by atoms with Gasteiger partial charge in [-0.1, -0.05) is 6.92 Å². The first-order chi connectivity index (χ1) is 8.31. The third kappa shape index (κ3) is 3.30. The zero-order chi connectivity index (χ0) is 12.1. The van der Waals surface area contributed by atoms with Crippen LogP contribution in [-0.2, 0) is 13.1 Å². The second-order valence-corrected chi connectivity index (χ2v) is 4.99. The lowest BCUT2D eigenvalue weighted by molar-refractivity contribution is 0.280. The third-order valence-corrected chi connectivity index (χ3v) is 3.61. The summed E-state index contributed by atoms with van der Waals surface area (Å²) in [6.45, 7) is 6.53. The standard InChI is InChI=1S/C13H24N4/c1-3-6-14-8-13-9-15-11-17(13)10-12-5-4-7-16(12)2/h9,11-12,14H,3-8,10H2,1-2H3.